The number of halogens is 2. The van der Waals surface area contributed by atoms with Gasteiger partial charge in [-0.25, -0.2) is 4.79 Å². The van der Waals surface area contributed by atoms with E-state index in [-0.39, 0.29) is 10.1 Å². The Labute approximate surface area is 149 Å². The number of hydrazone groups is 1. The number of hydrogen-bond donors (Lipinski definition) is 1. The van der Waals surface area contributed by atoms with Crippen LogP contribution in [0.1, 0.15) is 12.0 Å². The van der Waals surface area contributed by atoms with Gasteiger partial charge >= 0.3 is 5.97 Å². The Morgan fingerprint density at radius 1 is 1.04 bits per heavy atom. The molecule has 0 aromatic heterocycles. The number of nitrogens with one attached hydrogen (secondary N) is 1. The second kappa shape index (κ2) is 7.51. The summed E-state index contributed by atoms with van der Waals surface area (Å²) in [6.45, 7) is 0. The van der Waals surface area contributed by atoms with Crippen LogP contribution in [0.15, 0.2) is 75.8 Å². The Hall–Kier alpha value is -2.30. The zero-order chi connectivity index (χ0) is 16.9. The van der Waals surface area contributed by atoms with E-state index in [0.717, 1.165) is 11.3 Å². The minimum Gasteiger partial charge on any atom is -0.452 e. The van der Waals surface area contributed by atoms with Gasteiger partial charge in [-0.1, -0.05) is 71.7 Å². The lowest BCUT2D eigenvalue weighted by atomic mass is 10.0. The number of hydrogen-bond acceptors (Lipinski definition) is 4. The first kappa shape index (κ1) is 16.6. The summed E-state index contributed by atoms with van der Waals surface area (Å²) in [5, 5.41) is 4.61. The third-order valence-corrected chi connectivity index (χ3v) is 4.39. The van der Waals surface area contributed by atoms with Gasteiger partial charge in [-0.15, -0.1) is 0 Å². The van der Waals surface area contributed by atoms with Crippen LogP contribution in [-0.2, 0) is 9.53 Å². The Morgan fingerprint density at radius 3 is 2.25 bits per heavy atom. The Kier molecular flexibility index (Phi) is 5.18. The van der Waals surface area contributed by atoms with E-state index < -0.39 is 12.1 Å². The maximum absolute atomic E-state index is 11.5. The van der Waals surface area contributed by atoms with Crippen molar-refractivity contribution in [3.63, 3.8) is 0 Å². The molecular formula is C18H14Cl2N2O2. The fourth-order valence-electron chi connectivity index (χ4n) is 2.28. The lowest BCUT2D eigenvalue weighted by Crippen LogP contribution is -2.17. The van der Waals surface area contributed by atoms with Gasteiger partial charge < -0.3 is 4.74 Å². The van der Waals surface area contributed by atoms with Gasteiger partial charge in [-0.3, -0.25) is 5.43 Å². The highest BCUT2D eigenvalue weighted by Crippen LogP contribution is 2.31. The Balaban J connectivity index is 1.85. The summed E-state index contributed by atoms with van der Waals surface area (Å²) in [6, 6.07) is 19.2. The van der Waals surface area contributed by atoms with Crippen molar-refractivity contribution in [2.24, 2.45) is 5.10 Å². The van der Waals surface area contributed by atoms with Crippen molar-refractivity contribution in [2.75, 3.05) is 5.43 Å². The SMILES string of the molecule is O=C1OC(C/C(=N/Nc2ccccc2)c2ccccc2)C(Cl)=C1Cl. The summed E-state index contributed by atoms with van der Waals surface area (Å²) in [4.78, 5) is 11.5. The maximum Gasteiger partial charge on any atom is 0.351 e. The van der Waals surface area contributed by atoms with Gasteiger partial charge in [0.2, 0.25) is 0 Å². The lowest BCUT2D eigenvalue weighted by molar-refractivity contribution is -0.138. The number of rotatable bonds is 5. The molecule has 4 nitrogen and oxygen atoms in total. The Bertz CT molecular complexity index is 789. The van der Waals surface area contributed by atoms with Crippen LogP contribution in [-0.4, -0.2) is 17.8 Å². The van der Waals surface area contributed by atoms with Gasteiger partial charge in [0.05, 0.1) is 16.4 Å². The van der Waals surface area contributed by atoms with E-state index in [0.29, 0.717) is 12.1 Å². The fourth-order valence-corrected chi connectivity index (χ4v) is 2.65. The van der Waals surface area contributed by atoms with Crippen molar-refractivity contribution < 1.29 is 9.53 Å². The highest BCUT2D eigenvalue weighted by Gasteiger charge is 2.33. The first-order valence-corrected chi connectivity index (χ1v) is 8.10. The number of nitrogens with zero attached hydrogens (tertiary/aromatic N) is 1. The molecule has 0 saturated carbocycles. The highest BCUT2D eigenvalue weighted by atomic mass is 35.5. The minimum atomic E-state index is -0.622. The van der Waals surface area contributed by atoms with Crippen molar-refractivity contribution in [1.82, 2.24) is 0 Å². The number of cyclic esters (lactones) is 1. The molecule has 0 radical (unpaired) electrons. The zero-order valence-corrected chi connectivity index (χ0v) is 14.1. The molecule has 6 heteroatoms. The molecule has 1 atom stereocenters. The van der Waals surface area contributed by atoms with Gasteiger partial charge in [0.15, 0.2) is 0 Å². The molecule has 1 aliphatic heterocycles. The summed E-state index contributed by atoms with van der Waals surface area (Å²) in [6.07, 6.45) is -0.298. The molecule has 122 valence electrons. The molecule has 0 bridgehead atoms. The van der Waals surface area contributed by atoms with Crippen LogP contribution >= 0.6 is 23.2 Å². The van der Waals surface area contributed by atoms with Gasteiger partial charge in [-0.05, 0) is 17.7 Å². The normalized spacial score (nSPS) is 17.8. The average molecular weight is 361 g/mol. The largest absolute Gasteiger partial charge is 0.452 e. The van der Waals surface area contributed by atoms with Gasteiger partial charge in [0.1, 0.15) is 11.1 Å². The Morgan fingerprint density at radius 2 is 1.67 bits per heavy atom. The number of para-hydroxylation sites is 1. The van der Waals surface area contributed by atoms with Crippen LogP contribution in [0.2, 0.25) is 0 Å². The van der Waals surface area contributed by atoms with Crippen LogP contribution in [0.4, 0.5) is 5.69 Å². The topological polar surface area (TPSA) is 50.7 Å². The monoisotopic (exact) mass is 360 g/mol. The molecule has 3 rings (SSSR count). The quantitative estimate of drug-likeness (QED) is 0.484. The minimum absolute atomic E-state index is 0.0647. The second-order valence-corrected chi connectivity index (χ2v) is 5.95. The molecule has 2 aromatic carbocycles. The average Bonchev–Trinajstić information content (AvgIpc) is 2.87. The van der Waals surface area contributed by atoms with Crippen molar-refractivity contribution in [2.45, 2.75) is 12.5 Å². The smallest absolute Gasteiger partial charge is 0.351 e. The van der Waals surface area contributed by atoms with Crippen molar-refractivity contribution >= 4 is 40.6 Å². The van der Waals surface area contributed by atoms with E-state index in [9.17, 15) is 4.79 Å². The predicted molar refractivity (Wildman–Crippen MR) is 96.3 cm³/mol. The van der Waals surface area contributed by atoms with Crippen LogP contribution in [0, 0.1) is 0 Å². The summed E-state index contributed by atoms with van der Waals surface area (Å²) in [5.74, 6) is -0.602. The van der Waals surface area contributed by atoms with Crippen molar-refractivity contribution in [1.29, 1.82) is 0 Å². The molecule has 1 N–H and O–H groups in total. The third-order valence-electron chi connectivity index (χ3n) is 3.50. The fraction of sp³-hybridized carbons (Fsp3) is 0.111. The maximum atomic E-state index is 11.5. The second-order valence-electron chi connectivity index (χ2n) is 5.16. The van der Waals surface area contributed by atoms with Crippen LogP contribution < -0.4 is 5.43 Å². The predicted octanol–water partition coefficient (Wildman–Crippen LogP) is 4.51. The number of esters is 1. The van der Waals surface area contributed by atoms with Gasteiger partial charge in [0.25, 0.3) is 0 Å². The molecule has 0 aliphatic carbocycles. The zero-order valence-electron chi connectivity index (χ0n) is 12.6. The van der Waals surface area contributed by atoms with Crippen LogP contribution in [0.25, 0.3) is 0 Å². The van der Waals surface area contributed by atoms with E-state index in [2.05, 4.69) is 10.5 Å². The summed E-state index contributed by atoms with van der Waals surface area (Å²) < 4.78 is 5.20. The molecule has 1 heterocycles. The van der Waals surface area contributed by atoms with E-state index >= 15 is 0 Å². The molecule has 0 amide bonds. The molecular weight excluding hydrogens is 347 g/mol. The number of anilines is 1. The molecule has 1 unspecified atom stereocenters. The summed E-state index contributed by atoms with van der Waals surface area (Å²) in [5.41, 5.74) is 5.48. The van der Waals surface area contributed by atoms with Gasteiger partial charge in [0, 0.05) is 6.42 Å². The highest BCUT2D eigenvalue weighted by molar-refractivity contribution is 6.48. The number of benzene rings is 2. The molecule has 2 aromatic rings. The first-order valence-electron chi connectivity index (χ1n) is 7.34. The molecule has 1 aliphatic rings. The molecule has 0 saturated heterocycles. The third kappa shape index (κ3) is 3.78. The molecule has 0 fully saturated rings. The number of carbonyl (C=O) groups excluding carboxylic acids is 1. The summed E-state index contributed by atoms with van der Waals surface area (Å²) >= 11 is 11.9. The van der Waals surface area contributed by atoms with Crippen LogP contribution in [0.3, 0.4) is 0 Å². The van der Waals surface area contributed by atoms with Crippen molar-refractivity contribution in [3.8, 4) is 0 Å². The van der Waals surface area contributed by atoms with E-state index in [1.807, 2.05) is 60.7 Å². The summed E-state index contributed by atoms with van der Waals surface area (Å²) in [7, 11) is 0. The van der Waals surface area contributed by atoms with Gasteiger partial charge in [-0.2, -0.15) is 5.10 Å². The van der Waals surface area contributed by atoms with Crippen LogP contribution in [0.5, 0.6) is 0 Å². The standard InChI is InChI=1S/C18H14Cl2N2O2/c19-16-15(24-18(23)17(16)20)11-14(12-7-3-1-4-8-12)22-21-13-9-5-2-6-10-13/h1-10,15,21H,11H2/b22-14-. The number of ether oxygens (including phenoxy) is 1. The van der Waals surface area contributed by atoms with E-state index in [1.165, 1.54) is 0 Å². The molecule has 24 heavy (non-hydrogen) atoms. The number of carbonyl (C=O) groups is 1. The first-order chi connectivity index (χ1) is 11.6. The van der Waals surface area contributed by atoms with E-state index in [1.54, 1.807) is 0 Å². The lowest BCUT2D eigenvalue weighted by Gasteiger charge is -2.13. The molecule has 0 spiro atoms. The van der Waals surface area contributed by atoms with E-state index in [4.69, 9.17) is 27.9 Å². The van der Waals surface area contributed by atoms with Crippen molar-refractivity contribution in [3.05, 3.63) is 76.3 Å².